The van der Waals surface area contributed by atoms with E-state index >= 15 is 0 Å². The summed E-state index contributed by atoms with van der Waals surface area (Å²) in [5.41, 5.74) is 2.55. The lowest BCUT2D eigenvalue weighted by Gasteiger charge is -2.33. The second-order valence-corrected chi connectivity index (χ2v) is 5.64. The highest BCUT2D eigenvalue weighted by Gasteiger charge is 2.23. The Hall–Kier alpha value is -2.54. The molecule has 1 aliphatic heterocycles. The van der Waals surface area contributed by atoms with Gasteiger partial charge in [-0.25, -0.2) is 15.0 Å². The molecule has 0 spiro atoms. The summed E-state index contributed by atoms with van der Waals surface area (Å²) < 4.78 is 6.04. The van der Waals surface area contributed by atoms with Crippen molar-refractivity contribution >= 4 is 17.0 Å². The van der Waals surface area contributed by atoms with Crippen LogP contribution >= 0.6 is 0 Å². The number of hydrogen-bond donors (Lipinski definition) is 1. The molecule has 0 aromatic carbocycles. The molecule has 0 amide bonds. The normalized spacial score (nSPS) is 18.4. The van der Waals surface area contributed by atoms with Crippen molar-refractivity contribution in [3.8, 4) is 0 Å². The third kappa shape index (κ3) is 3.00. The monoisotopic (exact) mass is 310 g/mol. The Bertz CT molecular complexity index is 774. The van der Waals surface area contributed by atoms with Crippen LogP contribution in [0, 0.1) is 0 Å². The van der Waals surface area contributed by atoms with E-state index in [0.29, 0.717) is 12.3 Å². The van der Waals surface area contributed by atoms with Crippen molar-refractivity contribution in [2.24, 2.45) is 0 Å². The maximum Gasteiger partial charge on any atom is 0.182 e. The van der Waals surface area contributed by atoms with Crippen LogP contribution in [0.1, 0.15) is 18.5 Å². The van der Waals surface area contributed by atoms with Gasteiger partial charge in [-0.15, -0.1) is 0 Å². The van der Waals surface area contributed by atoms with Crippen molar-refractivity contribution in [1.29, 1.82) is 0 Å². The molecule has 0 aliphatic carbocycles. The average Bonchev–Trinajstić information content (AvgIpc) is 3.10. The van der Waals surface area contributed by atoms with E-state index in [1.807, 2.05) is 18.2 Å². The largest absolute Gasteiger partial charge is 0.370 e. The second-order valence-electron chi connectivity index (χ2n) is 5.64. The maximum absolute atomic E-state index is 6.04. The van der Waals surface area contributed by atoms with E-state index in [4.69, 9.17) is 4.74 Å². The third-order valence-corrected chi connectivity index (χ3v) is 4.07. The van der Waals surface area contributed by atoms with Gasteiger partial charge in [0.25, 0.3) is 0 Å². The summed E-state index contributed by atoms with van der Waals surface area (Å²) in [5.74, 6) is 0.902. The molecule has 1 N–H and O–H groups in total. The zero-order chi connectivity index (χ0) is 15.5. The lowest BCUT2D eigenvalue weighted by atomic mass is 10.1. The topological polar surface area (TPSA) is 79.8 Å². The van der Waals surface area contributed by atoms with Gasteiger partial charge < -0.3 is 14.6 Å². The van der Waals surface area contributed by atoms with Gasteiger partial charge in [0.05, 0.1) is 24.7 Å². The van der Waals surface area contributed by atoms with Crippen molar-refractivity contribution < 1.29 is 4.74 Å². The zero-order valence-corrected chi connectivity index (χ0v) is 12.7. The Morgan fingerprint density at radius 2 is 2.22 bits per heavy atom. The number of nitrogens with zero attached hydrogens (tertiary/aromatic N) is 5. The summed E-state index contributed by atoms with van der Waals surface area (Å²) in [4.78, 5) is 22.5. The summed E-state index contributed by atoms with van der Waals surface area (Å²) in [6, 6.07) is 5.88. The first-order valence-corrected chi connectivity index (χ1v) is 7.81. The summed E-state index contributed by atoms with van der Waals surface area (Å²) in [5, 5.41) is 0. The van der Waals surface area contributed by atoms with E-state index < -0.39 is 0 Å². The van der Waals surface area contributed by atoms with E-state index in [9.17, 15) is 0 Å². The van der Waals surface area contributed by atoms with Crippen LogP contribution in [0.3, 0.4) is 0 Å². The van der Waals surface area contributed by atoms with Crippen molar-refractivity contribution in [2.75, 3.05) is 18.0 Å². The first-order valence-electron chi connectivity index (χ1n) is 7.81. The van der Waals surface area contributed by atoms with Crippen molar-refractivity contribution in [3.05, 3.63) is 42.7 Å². The highest BCUT2D eigenvalue weighted by molar-refractivity contribution is 5.82. The van der Waals surface area contributed by atoms with Crippen LogP contribution < -0.4 is 4.90 Å². The van der Waals surface area contributed by atoms with E-state index in [-0.39, 0.29) is 6.10 Å². The molecule has 118 valence electrons. The van der Waals surface area contributed by atoms with Crippen LogP contribution in [0.4, 0.5) is 5.82 Å². The Labute approximate surface area is 133 Å². The predicted molar refractivity (Wildman–Crippen MR) is 85.9 cm³/mol. The summed E-state index contributed by atoms with van der Waals surface area (Å²) >= 11 is 0. The number of anilines is 1. The number of H-pyrrole nitrogens is 1. The molecule has 23 heavy (non-hydrogen) atoms. The van der Waals surface area contributed by atoms with Crippen molar-refractivity contribution in [3.63, 3.8) is 0 Å². The Balaban J connectivity index is 1.46. The average molecular weight is 310 g/mol. The van der Waals surface area contributed by atoms with Gasteiger partial charge in [-0.3, -0.25) is 4.98 Å². The summed E-state index contributed by atoms with van der Waals surface area (Å²) in [7, 11) is 0. The Morgan fingerprint density at radius 1 is 1.22 bits per heavy atom. The molecule has 1 aliphatic rings. The van der Waals surface area contributed by atoms with Crippen molar-refractivity contribution in [2.45, 2.75) is 25.6 Å². The predicted octanol–water partition coefficient (Wildman–Crippen LogP) is 1.93. The maximum atomic E-state index is 6.04. The SMILES string of the molecule is c1ccc(COC2CCCN(c3ncnc4nc[nH]c34)C2)nc1. The molecule has 7 nitrogen and oxygen atoms in total. The molecule has 1 atom stereocenters. The van der Waals surface area contributed by atoms with Gasteiger partial charge in [0, 0.05) is 19.3 Å². The van der Waals surface area contributed by atoms with E-state index in [1.54, 1.807) is 18.9 Å². The number of aromatic amines is 1. The fourth-order valence-electron chi connectivity index (χ4n) is 2.95. The quantitative estimate of drug-likeness (QED) is 0.793. The first-order chi connectivity index (χ1) is 11.4. The highest BCUT2D eigenvalue weighted by Crippen LogP contribution is 2.24. The third-order valence-electron chi connectivity index (χ3n) is 4.07. The molecule has 4 rings (SSSR count). The number of nitrogens with one attached hydrogen (secondary N) is 1. The van der Waals surface area contributed by atoms with Crippen LogP contribution in [0.25, 0.3) is 11.2 Å². The zero-order valence-electron chi connectivity index (χ0n) is 12.7. The summed E-state index contributed by atoms with van der Waals surface area (Å²) in [6.07, 6.45) is 7.33. The fourth-order valence-corrected chi connectivity index (χ4v) is 2.95. The minimum absolute atomic E-state index is 0.179. The first kappa shape index (κ1) is 14.1. The van der Waals surface area contributed by atoms with Crippen LogP contribution in [-0.4, -0.2) is 44.1 Å². The number of aromatic nitrogens is 5. The summed E-state index contributed by atoms with van der Waals surface area (Å²) in [6.45, 7) is 2.33. The van der Waals surface area contributed by atoms with E-state index in [0.717, 1.165) is 43.0 Å². The molecule has 0 radical (unpaired) electrons. The lowest BCUT2D eigenvalue weighted by Crippen LogP contribution is -2.40. The molecule has 1 unspecified atom stereocenters. The number of hydrogen-bond acceptors (Lipinski definition) is 6. The van der Waals surface area contributed by atoms with Gasteiger partial charge in [0.1, 0.15) is 11.8 Å². The van der Waals surface area contributed by atoms with Crippen LogP contribution in [0.15, 0.2) is 37.1 Å². The Morgan fingerprint density at radius 3 is 3.13 bits per heavy atom. The van der Waals surface area contributed by atoms with Gasteiger partial charge in [0.15, 0.2) is 11.5 Å². The van der Waals surface area contributed by atoms with Gasteiger partial charge in [-0.05, 0) is 25.0 Å². The molecule has 0 bridgehead atoms. The number of ether oxygens (including phenoxy) is 1. The molecular weight excluding hydrogens is 292 g/mol. The van der Waals surface area contributed by atoms with Crippen molar-refractivity contribution in [1.82, 2.24) is 24.9 Å². The smallest absolute Gasteiger partial charge is 0.182 e. The minimum Gasteiger partial charge on any atom is -0.370 e. The van der Waals surface area contributed by atoms with E-state index in [2.05, 4.69) is 29.8 Å². The molecule has 1 saturated heterocycles. The van der Waals surface area contributed by atoms with E-state index in [1.165, 1.54) is 0 Å². The number of pyridine rings is 1. The van der Waals surface area contributed by atoms with Crippen LogP contribution in [0.5, 0.6) is 0 Å². The van der Waals surface area contributed by atoms with Gasteiger partial charge in [0.2, 0.25) is 0 Å². The van der Waals surface area contributed by atoms with Gasteiger partial charge in [-0.1, -0.05) is 6.07 Å². The molecule has 4 heterocycles. The molecular formula is C16H18N6O. The number of rotatable bonds is 4. The fraction of sp³-hybridized carbons (Fsp3) is 0.375. The van der Waals surface area contributed by atoms with Gasteiger partial charge in [-0.2, -0.15) is 0 Å². The van der Waals surface area contributed by atoms with Gasteiger partial charge >= 0.3 is 0 Å². The minimum atomic E-state index is 0.179. The number of fused-ring (bicyclic) bond motifs is 1. The molecule has 0 saturated carbocycles. The number of imidazole rings is 1. The second kappa shape index (κ2) is 6.29. The van der Waals surface area contributed by atoms with Crippen LogP contribution in [0.2, 0.25) is 0 Å². The molecule has 3 aromatic rings. The lowest BCUT2D eigenvalue weighted by molar-refractivity contribution is 0.0297. The molecule has 1 fully saturated rings. The molecule has 7 heteroatoms. The molecule has 3 aromatic heterocycles. The van der Waals surface area contributed by atoms with Crippen LogP contribution in [-0.2, 0) is 11.3 Å². The standard InChI is InChI=1S/C16H18N6O/c1-2-6-17-12(4-1)9-23-13-5-3-7-22(8-13)16-14-15(19-10-18-14)20-11-21-16/h1-2,4,6,10-11,13H,3,5,7-9H2,(H,18,19,20,21). The Kier molecular flexibility index (Phi) is 3.85. The number of piperidine rings is 1. The highest BCUT2D eigenvalue weighted by atomic mass is 16.5.